The molecule has 3 heterocycles. The molecule has 26 heavy (non-hydrogen) atoms. The molecule has 1 aliphatic carbocycles. The maximum atomic E-state index is 12.9. The van der Waals surface area contributed by atoms with E-state index in [2.05, 4.69) is 10.4 Å². The molecule has 1 N–H and O–H groups in total. The number of ether oxygens (including phenoxy) is 1. The van der Waals surface area contributed by atoms with Crippen LogP contribution in [0.25, 0.3) is 5.52 Å². The Hall–Kier alpha value is -2.67. The minimum Gasteiger partial charge on any atom is -0.434 e. The number of aromatic nitrogens is 2. The van der Waals surface area contributed by atoms with Crippen molar-refractivity contribution in [3.05, 3.63) is 63.9 Å². The summed E-state index contributed by atoms with van der Waals surface area (Å²) in [6.45, 7) is -2.97. The highest BCUT2D eigenvalue weighted by Gasteiger charge is 2.43. The van der Waals surface area contributed by atoms with Crippen LogP contribution in [-0.4, -0.2) is 22.1 Å². The smallest absolute Gasteiger partial charge is 0.387 e. The van der Waals surface area contributed by atoms with E-state index in [1.807, 2.05) is 0 Å². The summed E-state index contributed by atoms with van der Waals surface area (Å²) in [4.78, 5) is 12.6. The lowest BCUT2D eigenvalue weighted by atomic mass is 9.89. The average Bonchev–Trinajstić information content (AvgIpc) is 3.07. The number of carbonyl (C=O) groups is 1. The standard InChI is InChI=1S/C18H12ClF2N3O2/c19-8-4-5-24-12(6-8)15-10-7-11(16(15)23-24)22-17(25)9-2-1-3-13(14(9)10)26-18(20)21/h1-6,10-11,18H,7H2,(H,22,25)/t10-,11-/m1/s1. The first kappa shape index (κ1) is 15.6. The van der Waals surface area contributed by atoms with Gasteiger partial charge in [0.2, 0.25) is 0 Å². The van der Waals surface area contributed by atoms with Gasteiger partial charge in [0, 0.05) is 33.8 Å². The topological polar surface area (TPSA) is 55.6 Å². The number of rotatable bonds is 2. The first-order valence-corrected chi connectivity index (χ1v) is 8.47. The lowest BCUT2D eigenvalue weighted by Gasteiger charge is -2.18. The molecule has 0 unspecified atom stereocenters. The van der Waals surface area contributed by atoms with E-state index < -0.39 is 6.61 Å². The molecule has 8 heteroatoms. The van der Waals surface area contributed by atoms with Crippen LogP contribution >= 0.6 is 11.6 Å². The van der Waals surface area contributed by atoms with Crippen LogP contribution in [0.2, 0.25) is 5.02 Å². The van der Waals surface area contributed by atoms with E-state index in [4.69, 9.17) is 16.3 Å². The van der Waals surface area contributed by atoms with Gasteiger partial charge < -0.3 is 10.1 Å². The second-order valence-corrected chi connectivity index (χ2v) is 6.82. The highest BCUT2D eigenvalue weighted by atomic mass is 35.5. The Kier molecular flexibility index (Phi) is 3.24. The number of hydrogen-bond acceptors (Lipinski definition) is 3. The quantitative estimate of drug-likeness (QED) is 0.739. The zero-order valence-corrected chi connectivity index (χ0v) is 14.0. The number of fused-ring (bicyclic) bond motifs is 9. The molecule has 0 saturated heterocycles. The minimum atomic E-state index is -2.97. The molecular weight excluding hydrogens is 364 g/mol. The molecule has 1 aliphatic heterocycles. The first-order chi connectivity index (χ1) is 12.5. The number of nitrogens with zero attached hydrogens (tertiary/aromatic N) is 2. The van der Waals surface area contributed by atoms with Gasteiger partial charge in [-0.3, -0.25) is 4.79 Å². The number of alkyl halides is 2. The molecule has 5 nitrogen and oxygen atoms in total. The third-order valence-electron chi connectivity index (χ3n) is 4.99. The lowest BCUT2D eigenvalue weighted by Crippen LogP contribution is -2.27. The molecule has 2 aromatic heterocycles. The van der Waals surface area contributed by atoms with E-state index in [9.17, 15) is 13.6 Å². The van der Waals surface area contributed by atoms with Crippen molar-refractivity contribution >= 4 is 23.0 Å². The summed E-state index contributed by atoms with van der Waals surface area (Å²) in [5, 5.41) is 8.08. The van der Waals surface area contributed by atoms with Crippen molar-refractivity contribution in [2.75, 3.05) is 0 Å². The van der Waals surface area contributed by atoms with Crippen LogP contribution in [0.5, 0.6) is 5.75 Å². The number of nitrogens with one attached hydrogen (secondary N) is 1. The Labute approximate surface area is 151 Å². The zero-order valence-electron chi connectivity index (χ0n) is 13.2. The molecule has 0 radical (unpaired) electrons. The van der Waals surface area contributed by atoms with E-state index in [-0.39, 0.29) is 23.6 Å². The summed E-state index contributed by atoms with van der Waals surface area (Å²) in [5.41, 5.74) is 3.25. The Morgan fingerprint density at radius 1 is 1.31 bits per heavy atom. The Morgan fingerprint density at radius 3 is 2.96 bits per heavy atom. The molecule has 0 fully saturated rings. The number of carbonyl (C=O) groups excluding carboxylic acids is 1. The van der Waals surface area contributed by atoms with Crippen molar-refractivity contribution < 1.29 is 18.3 Å². The number of halogens is 3. The number of hydrogen-bond donors (Lipinski definition) is 1. The maximum absolute atomic E-state index is 12.9. The van der Waals surface area contributed by atoms with Crippen LogP contribution in [0.4, 0.5) is 8.78 Å². The summed E-state index contributed by atoms with van der Waals surface area (Å²) >= 11 is 6.14. The summed E-state index contributed by atoms with van der Waals surface area (Å²) in [5.74, 6) is -0.574. The van der Waals surface area contributed by atoms with Crippen LogP contribution in [0.3, 0.4) is 0 Å². The van der Waals surface area contributed by atoms with Gasteiger partial charge in [-0.05, 0) is 30.7 Å². The molecule has 132 valence electrons. The van der Waals surface area contributed by atoms with Gasteiger partial charge in [0.25, 0.3) is 5.91 Å². The monoisotopic (exact) mass is 375 g/mol. The maximum Gasteiger partial charge on any atom is 0.387 e. The molecule has 2 aliphatic rings. The van der Waals surface area contributed by atoms with Crippen LogP contribution in [0, 0.1) is 0 Å². The van der Waals surface area contributed by atoms with E-state index in [0.29, 0.717) is 22.6 Å². The summed E-state index contributed by atoms with van der Waals surface area (Å²) in [6.07, 6.45) is 2.29. The van der Waals surface area contributed by atoms with Crippen LogP contribution in [0.1, 0.15) is 45.6 Å². The number of pyridine rings is 1. The zero-order chi connectivity index (χ0) is 18.0. The van der Waals surface area contributed by atoms with Crippen molar-refractivity contribution in [2.45, 2.75) is 25.0 Å². The van der Waals surface area contributed by atoms with Gasteiger partial charge in [-0.25, -0.2) is 4.52 Å². The van der Waals surface area contributed by atoms with E-state index in [1.54, 1.807) is 35.0 Å². The van der Waals surface area contributed by atoms with Gasteiger partial charge in [-0.1, -0.05) is 17.7 Å². The van der Waals surface area contributed by atoms with Crippen molar-refractivity contribution in [1.82, 2.24) is 14.9 Å². The molecule has 1 amide bonds. The Morgan fingerprint density at radius 2 is 2.15 bits per heavy atom. The summed E-state index contributed by atoms with van der Waals surface area (Å²) in [7, 11) is 0. The second-order valence-electron chi connectivity index (χ2n) is 6.38. The minimum absolute atomic E-state index is 0.0209. The van der Waals surface area contributed by atoms with E-state index in [1.165, 1.54) is 6.07 Å². The van der Waals surface area contributed by atoms with Gasteiger partial charge in [0.15, 0.2) is 0 Å². The summed E-state index contributed by atoms with van der Waals surface area (Å²) < 4.78 is 32.3. The molecule has 0 spiro atoms. The second kappa shape index (κ2) is 5.41. The Bertz CT molecular complexity index is 1070. The van der Waals surface area contributed by atoms with Gasteiger partial charge in [0.05, 0.1) is 17.3 Å². The molecule has 2 atom stereocenters. The largest absolute Gasteiger partial charge is 0.434 e. The van der Waals surface area contributed by atoms with Gasteiger partial charge >= 0.3 is 6.61 Å². The fourth-order valence-corrected chi connectivity index (χ4v) is 4.22. The van der Waals surface area contributed by atoms with Gasteiger partial charge in [-0.2, -0.15) is 13.9 Å². The first-order valence-electron chi connectivity index (χ1n) is 8.09. The van der Waals surface area contributed by atoms with Crippen molar-refractivity contribution in [1.29, 1.82) is 0 Å². The molecule has 3 aromatic rings. The third kappa shape index (κ3) is 2.13. The fraction of sp³-hybridized carbons (Fsp3) is 0.222. The number of benzene rings is 1. The SMILES string of the molecule is O=C1N[C@@H]2C[C@H](c3c(OC(F)F)cccc31)c1c2nn2ccc(Cl)cc12. The predicted octanol–water partition coefficient (Wildman–Crippen LogP) is 3.91. The molecule has 1 aromatic carbocycles. The molecule has 0 saturated carbocycles. The molecule has 5 rings (SSSR count). The number of amides is 1. The predicted molar refractivity (Wildman–Crippen MR) is 89.9 cm³/mol. The van der Waals surface area contributed by atoms with Crippen LogP contribution < -0.4 is 10.1 Å². The van der Waals surface area contributed by atoms with Gasteiger partial charge in [-0.15, -0.1) is 0 Å². The van der Waals surface area contributed by atoms with Gasteiger partial charge in [0.1, 0.15) is 5.75 Å². The van der Waals surface area contributed by atoms with E-state index >= 15 is 0 Å². The molecular formula is C18H12ClF2N3O2. The van der Waals surface area contributed by atoms with Crippen LogP contribution in [0.15, 0.2) is 36.5 Å². The highest BCUT2D eigenvalue weighted by Crippen LogP contribution is 2.51. The average molecular weight is 376 g/mol. The highest BCUT2D eigenvalue weighted by molar-refractivity contribution is 6.30. The third-order valence-corrected chi connectivity index (χ3v) is 5.23. The van der Waals surface area contributed by atoms with Crippen molar-refractivity contribution in [2.24, 2.45) is 0 Å². The fourth-order valence-electron chi connectivity index (χ4n) is 4.06. The molecule has 2 bridgehead atoms. The summed E-state index contributed by atoms with van der Waals surface area (Å²) in [6, 6.07) is 7.87. The lowest BCUT2D eigenvalue weighted by molar-refractivity contribution is -0.0505. The van der Waals surface area contributed by atoms with Crippen molar-refractivity contribution in [3.8, 4) is 5.75 Å². The Balaban J connectivity index is 1.79. The van der Waals surface area contributed by atoms with Crippen molar-refractivity contribution in [3.63, 3.8) is 0 Å². The van der Waals surface area contributed by atoms with Crippen LogP contribution in [-0.2, 0) is 0 Å². The van der Waals surface area contributed by atoms with E-state index in [0.717, 1.165) is 16.8 Å². The normalized spacial score (nSPS) is 20.7.